The fourth-order valence-electron chi connectivity index (χ4n) is 1.10. The van der Waals surface area contributed by atoms with Crippen LogP contribution in [0.2, 0.25) is 0 Å². The standard InChI is InChI=1S/C10H19NO5/c1-3-11(8-10(13)14)9(12)4-5-16-7-6-15-2/h3-8H2,1-2H3,(H,13,14). The van der Waals surface area contributed by atoms with E-state index >= 15 is 0 Å². The summed E-state index contributed by atoms with van der Waals surface area (Å²) in [6.07, 6.45) is 0.199. The lowest BCUT2D eigenvalue weighted by molar-refractivity contribution is -0.144. The molecule has 0 aliphatic rings. The maximum absolute atomic E-state index is 11.5. The summed E-state index contributed by atoms with van der Waals surface area (Å²) in [5.74, 6) is -1.21. The molecule has 1 N–H and O–H groups in total. The molecule has 0 aromatic carbocycles. The lowest BCUT2D eigenvalue weighted by Gasteiger charge is -2.18. The van der Waals surface area contributed by atoms with Gasteiger partial charge in [0, 0.05) is 13.7 Å². The van der Waals surface area contributed by atoms with Gasteiger partial charge in [0.15, 0.2) is 0 Å². The van der Waals surface area contributed by atoms with E-state index in [1.165, 1.54) is 4.90 Å². The third kappa shape index (κ3) is 7.19. The minimum atomic E-state index is -1.00. The van der Waals surface area contributed by atoms with Crippen LogP contribution in [0.15, 0.2) is 0 Å². The van der Waals surface area contributed by atoms with E-state index < -0.39 is 5.97 Å². The number of hydrogen-bond donors (Lipinski definition) is 1. The van der Waals surface area contributed by atoms with E-state index in [0.29, 0.717) is 19.8 Å². The highest BCUT2D eigenvalue weighted by atomic mass is 16.5. The van der Waals surface area contributed by atoms with Crippen LogP contribution in [0.1, 0.15) is 13.3 Å². The molecule has 1 amide bonds. The molecule has 16 heavy (non-hydrogen) atoms. The van der Waals surface area contributed by atoms with Gasteiger partial charge in [-0.15, -0.1) is 0 Å². The van der Waals surface area contributed by atoms with Crippen LogP contribution in [-0.2, 0) is 19.1 Å². The van der Waals surface area contributed by atoms with Crippen molar-refractivity contribution in [3.05, 3.63) is 0 Å². The van der Waals surface area contributed by atoms with Gasteiger partial charge in [-0.2, -0.15) is 0 Å². The molecule has 0 aromatic heterocycles. The van der Waals surface area contributed by atoms with Gasteiger partial charge < -0.3 is 19.5 Å². The summed E-state index contributed by atoms with van der Waals surface area (Å²) >= 11 is 0. The number of amides is 1. The molecule has 0 atom stereocenters. The Morgan fingerprint density at radius 1 is 1.25 bits per heavy atom. The van der Waals surface area contributed by atoms with Gasteiger partial charge in [-0.1, -0.05) is 0 Å². The Morgan fingerprint density at radius 2 is 1.94 bits per heavy atom. The van der Waals surface area contributed by atoms with Crippen LogP contribution in [-0.4, -0.2) is 61.9 Å². The van der Waals surface area contributed by atoms with Gasteiger partial charge in [0.25, 0.3) is 0 Å². The summed E-state index contributed by atoms with van der Waals surface area (Å²) in [4.78, 5) is 23.2. The van der Waals surface area contributed by atoms with E-state index in [1.54, 1.807) is 14.0 Å². The molecule has 0 heterocycles. The molecule has 0 rings (SSSR count). The van der Waals surface area contributed by atoms with Crippen LogP contribution < -0.4 is 0 Å². The van der Waals surface area contributed by atoms with Crippen molar-refractivity contribution in [1.29, 1.82) is 0 Å². The number of carbonyl (C=O) groups excluding carboxylic acids is 1. The van der Waals surface area contributed by atoms with Gasteiger partial charge in [-0.25, -0.2) is 0 Å². The summed E-state index contributed by atoms with van der Waals surface area (Å²) in [5.41, 5.74) is 0. The molecule has 0 unspecified atom stereocenters. The predicted octanol–water partition coefficient (Wildman–Crippen LogP) is -0.0274. The normalized spacial score (nSPS) is 10.1. The number of ether oxygens (including phenoxy) is 2. The van der Waals surface area contributed by atoms with Gasteiger partial charge in [0.2, 0.25) is 5.91 Å². The highest BCUT2D eigenvalue weighted by Gasteiger charge is 2.14. The average Bonchev–Trinajstić information content (AvgIpc) is 2.25. The Hall–Kier alpha value is -1.14. The number of carboxylic acid groups (broad SMARTS) is 1. The number of carbonyl (C=O) groups is 2. The molecule has 94 valence electrons. The smallest absolute Gasteiger partial charge is 0.323 e. The highest BCUT2D eigenvalue weighted by Crippen LogP contribution is 1.95. The Balaban J connectivity index is 3.71. The molecular formula is C10H19NO5. The van der Waals surface area contributed by atoms with Gasteiger partial charge in [-0.05, 0) is 6.92 Å². The Labute approximate surface area is 95.1 Å². The molecular weight excluding hydrogens is 214 g/mol. The predicted molar refractivity (Wildman–Crippen MR) is 57.2 cm³/mol. The zero-order chi connectivity index (χ0) is 12.4. The number of aliphatic carboxylic acids is 1. The van der Waals surface area contributed by atoms with Crippen LogP contribution in [0.25, 0.3) is 0 Å². The van der Waals surface area contributed by atoms with Crippen molar-refractivity contribution in [2.24, 2.45) is 0 Å². The molecule has 6 nitrogen and oxygen atoms in total. The molecule has 0 saturated heterocycles. The minimum Gasteiger partial charge on any atom is -0.480 e. The lowest BCUT2D eigenvalue weighted by Crippen LogP contribution is -2.35. The summed E-state index contributed by atoms with van der Waals surface area (Å²) in [6, 6.07) is 0. The summed E-state index contributed by atoms with van der Waals surface area (Å²) in [6.45, 7) is 3.09. The van der Waals surface area contributed by atoms with Gasteiger partial charge in [-0.3, -0.25) is 9.59 Å². The molecule has 0 aromatic rings. The van der Waals surface area contributed by atoms with Crippen LogP contribution in [0, 0.1) is 0 Å². The van der Waals surface area contributed by atoms with E-state index in [0.717, 1.165) is 0 Å². The molecule has 0 radical (unpaired) electrons. The van der Waals surface area contributed by atoms with Crippen LogP contribution in [0.5, 0.6) is 0 Å². The first-order chi connectivity index (χ1) is 7.61. The number of hydrogen-bond acceptors (Lipinski definition) is 4. The molecule has 0 aliphatic carbocycles. The average molecular weight is 233 g/mol. The zero-order valence-electron chi connectivity index (χ0n) is 9.77. The number of methoxy groups -OCH3 is 1. The minimum absolute atomic E-state index is 0.199. The summed E-state index contributed by atoms with van der Waals surface area (Å²) in [5, 5.41) is 8.56. The number of likely N-dealkylation sites (N-methyl/N-ethyl adjacent to an activating group) is 1. The molecule has 0 bridgehead atoms. The number of nitrogens with zero attached hydrogens (tertiary/aromatic N) is 1. The Kier molecular flexibility index (Phi) is 8.46. The lowest BCUT2D eigenvalue weighted by atomic mass is 10.3. The fourth-order valence-corrected chi connectivity index (χ4v) is 1.10. The fraction of sp³-hybridized carbons (Fsp3) is 0.800. The van der Waals surface area contributed by atoms with E-state index in [9.17, 15) is 9.59 Å². The molecule has 0 spiro atoms. The second-order valence-corrected chi connectivity index (χ2v) is 3.16. The first-order valence-electron chi connectivity index (χ1n) is 5.18. The number of carboxylic acids is 1. The SMILES string of the molecule is CCN(CC(=O)O)C(=O)CCOCCOC. The van der Waals surface area contributed by atoms with Crippen molar-refractivity contribution in [3.8, 4) is 0 Å². The highest BCUT2D eigenvalue weighted by molar-refractivity contribution is 5.81. The summed E-state index contributed by atoms with van der Waals surface area (Å²) < 4.78 is 9.90. The molecule has 0 aliphatic heterocycles. The quantitative estimate of drug-likeness (QED) is 0.566. The van der Waals surface area contributed by atoms with Gasteiger partial charge in [0.05, 0.1) is 26.2 Å². The Bertz CT molecular complexity index is 219. The maximum atomic E-state index is 11.5. The first-order valence-corrected chi connectivity index (χ1v) is 5.18. The van der Waals surface area contributed by atoms with E-state index in [2.05, 4.69) is 0 Å². The summed E-state index contributed by atoms with van der Waals surface area (Å²) in [7, 11) is 1.57. The van der Waals surface area contributed by atoms with E-state index in [1.807, 2.05) is 0 Å². The Morgan fingerprint density at radius 3 is 2.44 bits per heavy atom. The van der Waals surface area contributed by atoms with Crippen molar-refractivity contribution >= 4 is 11.9 Å². The van der Waals surface area contributed by atoms with Crippen molar-refractivity contribution in [3.63, 3.8) is 0 Å². The van der Waals surface area contributed by atoms with Crippen molar-refractivity contribution in [2.75, 3.05) is 40.0 Å². The first kappa shape index (κ1) is 14.9. The van der Waals surface area contributed by atoms with E-state index in [-0.39, 0.29) is 25.5 Å². The van der Waals surface area contributed by atoms with Crippen molar-refractivity contribution in [2.45, 2.75) is 13.3 Å². The van der Waals surface area contributed by atoms with Crippen LogP contribution >= 0.6 is 0 Å². The van der Waals surface area contributed by atoms with E-state index in [4.69, 9.17) is 14.6 Å². The third-order valence-electron chi connectivity index (χ3n) is 1.95. The second kappa shape index (κ2) is 9.11. The monoisotopic (exact) mass is 233 g/mol. The van der Waals surface area contributed by atoms with Crippen LogP contribution in [0.4, 0.5) is 0 Å². The number of rotatable bonds is 9. The van der Waals surface area contributed by atoms with Crippen molar-refractivity contribution in [1.82, 2.24) is 4.90 Å². The third-order valence-corrected chi connectivity index (χ3v) is 1.95. The molecule has 0 saturated carbocycles. The maximum Gasteiger partial charge on any atom is 0.323 e. The second-order valence-electron chi connectivity index (χ2n) is 3.16. The van der Waals surface area contributed by atoms with Crippen LogP contribution in [0.3, 0.4) is 0 Å². The van der Waals surface area contributed by atoms with Gasteiger partial charge in [0.1, 0.15) is 6.54 Å². The largest absolute Gasteiger partial charge is 0.480 e. The van der Waals surface area contributed by atoms with Gasteiger partial charge >= 0.3 is 5.97 Å². The topological polar surface area (TPSA) is 76.1 Å². The zero-order valence-corrected chi connectivity index (χ0v) is 9.77. The molecule has 0 fully saturated rings. The molecule has 6 heteroatoms. The van der Waals surface area contributed by atoms with Crippen molar-refractivity contribution < 1.29 is 24.2 Å².